The first-order chi connectivity index (χ1) is 13.8. The maximum Gasteiger partial charge on any atom is 0.416 e. The first-order valence-corrected chi connectivity index (χ1v) is 10.2. The van der Waals surface area contributed by atoms with Gasteiger partial charge in [-0.25, -0.2) is 0 Å². The Labute approximate surface area is 171 Å². The van der Waals surface area contributed by atoms with Crippen molar-refractivity contribution < 1.29 is 22.8 Å². The van der Waals surface area contributed by atoms with E-state index in [0.717, 1.165) is 43.2 Å². The number of unbranched alkanes of at least 4 members (excludes halogenated alkanes) is 1. The summed E-state index contributed by atoms with van der Waals surface area (Å²) in [5.74, 6) is -0.700. The number of carbonyl (C=O) groups excluding carboxylic acids is 2. The van der Waals surface area contributed by atoms with E-state index in [1.807, 2.05) is 18.2 Å². The molecule has 0 radical (unpaired) electrons. The Balaban J connectivity index is 1.44. The zero-order valence-electron chi connectivity index (χ0n) is 15.6. The number of halogens is 3. The molecule has 29 heavy (non-hydrogen) atoms. The van der Waals surface area contributed by atoms with Gasteiger partial charge in [-0.15, -0.1) is 11.8 Å². The van der Waals surface area contributed by atoms with Crippen molar-refractivity contribution in [3.05, 3.63) is 59.7 Å². The van der Waals surface area contributed by atoms with Crippen LogP contribution in [0.3, 0.4) is 0 Å². The number of hydrogen-bond donors (Lipinski definition) is 2. The number of thioether (sulfide) groups is 1. The Hall–Kier alpha value is -2.48. The van der Waals surface area contributed by atoms with Crippen LogP contribution < -0.4 is 10.6 Å². The van der Waals surface area contributed by atoms with Crippen molar-refractivity contribution in [2.24, 2.45) is 0 Å². The molecule has 1 aliphatic heterocycles. The van der Waals surface area contributed by atoms with Gasteiger partial charge >= 0.3 is 6.18 Å². The highest BCUT2D eigenvalue weighted by molar-refractivity contribution is 8.01. The number of amides is 2. The highest BCUT2D eigenvalue weighted by Crippen LogP contribution is 2.40. The van der Waals surface area contributed by atoms with Crippen LogP contribution in [0.2, 0.25) is 0 Å². The Bertz CT molecular complexity index is 872. The van der Waals surface area contributed by atoms with Gasteiger partial charge in [-0.05, 0) is 43.0 Å². The number of rotatable bonds is 7. The van der Waals surface area contributed by atoms with E-state index in [0.29, 0.717) is 11.4 Å². The third kappa shape index (κ3) is 6.00. The molecule has 0 saturated carbocycles. The summed E-state index contributed by atoms with van der Waals surface area (Å²) in [6.45, 7) is 0.524. The van der Waals surface area contributed by atoms with E-state index in [-0.39, 0.29) is 18.0 Å². The topological polar surface area (TPSA) is 58.2 Å². The summed E-state index contributed by atoms with van der Waals surface area (Å²) >= 11 is 1.11. The van der Waals surface area contributed by atoms with E-state index < -0.39 is 22.9 Å². The minimum atomic E-state index is -4.47. The number of anilines is 1. The fourth-order valence-electron chi connectivity index (χ4n) is 3.03. The third-order valence-electron chi connectivity index (χ3n) is 4.55. The number of benzene rings is 2. The molecule has 2 aromatic rings. The molecule has 1 aliphatic rings. The van der Waals surface area contributed by atoms with Gasteiger partial charge < -0.3 is 10.6 Å². The fourth-order valence-corrected chi connectivity index (χ4v) is 4.12. The van der Waals surface area contributed by atoms with E-state index in [1.54, 1.807) is 0 Å². The number of nitrogens with one attached hydrogen (secondary N) is 2. The molecule has 1 heterocycles. The summed E-state index contributed by atoms with van der Waals surface area (Å²) in [5, 5.41) is 4.63. The van der Waals surface area contributed by atoms with Crippen LogP contribution in [0.1, 0.15) is 30.4 Å². The molecule has 0 spiro atoms. The van der Waals surface area contributed by atoms with Gasteiger partial charge in [0.1, 0.15) is 0 Å². The SMILES string of the molecule is O=C(CC1Sc2ccc(C(F)(F)F)cc2NC1=O)NCCCCc1ccccc1. The van der Waals surface area contributed by atoms with E-state index in [2.05, 4.69) is 22.8 Å². The second kappa shape index (κ2) is 9.35. The standard InChI is InChI=1S/C21H21F3N2O2S/c22-21(23,24)15-9-10-17-16(12-15)26-20(28)18(29-17)13-19(27)25-11-5-4-8-14-6-2-1-3-7-14/h1-3,6-7,9-10,12,18H,4-5,8,11,13H2,(H,25,27)(H,26,28). The van der Waals surface area contributed by atoms with E-state index in [9.17, 15) is 22.8 Å². The average molecular weight is 422 g/mol. The molecular formula is C21H21F3N2O2S. The molecule has 0 aromatic heterocycles. The average Bonchev–Trinajstić information content (AvgIpc) is 2.68. The maximum absolute atomic E-state index is 12.8. The normalized spacial score (nSPS) is 16.1. The van der Waals surface area contributed by atoms with Gasteiger partial charge in [0, 0.05) is 17.9 Å². The fraction of sp³-hybridized carbons (Fsp3) is 0.333. The van der Waals surface area contributed by atoms with E-state index >= 15 is 0 Å². The summed E-state index contributed by atoms with van der Waals surface area (Å²) in [7, 11) is 0. The molecule has 1 atom stereocenters. The smallest absolute Gasteiger partial charge is 0.356 e. The van der Waals surface area contributed by atoms with Crippen molar-refractivity contribution in [3.8, 4) is 0 Å². The number of aryl methyl sites for hydroxylation is 1. The Morgan fingerprint density at radius 3 is 2.59 bits per heavy atom. The maximum atomic E-state index is 12.8. The summed E-state index contributed by atoms with van der Waals surface area (Å²) in [6.07, 6.45) is -1.78. The zero-order chi connectivity index (χ0) is 20.9. The van der Waals surface area contributed by atoms with Crippen molar-refractivity contribution in [1.29, 1.82) is 0 Å². The largest absolute Gasteiger partial charge is 0.416 e. The highest BCUT2D eigenvalue weighted by Gasteiger charge is 2.34. The molecule has 2 N–H and O–H groups in total. The van der Waals surface area contributed by atoms with E-state index in [1.165, 1.54) is 11.6 Å². The van der Waals surface area contributed by atoms with Gasteiger partial charge in [-0.3, -0.25) is 9.59 Å². The van der Waals surface area contributed by atoms with E-state index in [4.69, 9.17) is 0 Å². The lowest BCUT2D eigenvalue weighted by Crippen LogP contribution is -2.35. The monoisotopic (exact) mass is 422 g/mol. The molecule has 0 bridgehead atoms. The molecule has 2 aromatic carbocycles. The molecule has 1 unspecified atom stereocenters. The molecule has 0 saturated heterocycles. The Morgan fingerprint density at radius 1 is 1.10 bits per heavy atom. The van der Waals surface area contributed by atoms with Crippen molar-refractivity contribution >= 4 is 29.3 Å². The lowest BCUT2D eigenvalue weighted by atomic mass is 10.1. The van der Waals surface area contributed by atoms with Crippen molar-refractivity contribution in [3.63, 3.8) is 0 Å². The molecule has 4 nitrogen and oxygen atoms in total. The van der Waals surface area contributed by atoms with Crippen LogP contribution in [0.25, 0.3) is 0 Å². The first kappa shape index (κ1) is 21.2. The van der Waals surface area contributed by atoms with Gasteiger partial charge in [0.25, 0.3) is 0 Å². The van der Waals surface area contributed by atoms with Gasteiger partial charge in [0.2, 0.25) is 11.8 Å². The van der Waals surface area contributed by atoms with Crippen LogP contribution in [0.4, 0.5) is 18.9 Å². The molecule has 154 valence electrons. The number of carbonyl (C=O) groups is 2. The van der Waals surface area contributed by atoms with Gasteiger partial charge in [0.05, 0.1) is 16.5 Å². The lowest BCUT2D eigenvalue weighted by molar-refractivity contribution is -0.137. The van der Waals surface area contributed by atoms with Crippen LogP contribution >= 0.6 is 11.8 Å². The minimum Gasteiger partial charge on any atom is -0.356 e. The molecule has 3 rings (SSSR count). The Morgan fingerprint density at radius 2 is 1.86 bits per heavy atom. The predicted molar refractivity (Wildman–Crippen MR) is 107 cm³/mol. The summed E-state index contributed by atoms with van der Waals surface area (Å²) in [6, 6.07) is 13.3. The van der Waals surface area contributed by atoms with Crippen molar-refractivity contribution in [1.82, 2.24) is 5.32 Å². The quantitative estimate of drug-likeness (QED) is 0.639. The number of hydrogen-bond acceptors (Lipinski definition) is 3. The van der Waals surface area contributed by atoms with Crippen LogP contribution in [0.15, 0.2) is 53.4 Å². The molecule has 8 heteroatoms. The summed E-state index contributed by atoms with van der Waals surface area (Å²) < 4.78 is 38.4. The van der Waals surface area contributed by atoms with Crippen LogP contribution in [-0.2, 0) is 22.2 Å². The molecular weight excluding hydrogens is 401 g/mol. The highest BCUT2D eigenvalue weighted by atomic mass is 32.2. The van der Waals surface area contributed by atoms with Gasteiger partial charge in [0.15, 0.2) is 0 Å². The molecule has 2 amide bonds. The first-order valence-electron chi connectivity index (χ1n) is 9.32. The van der Waals surface area contributed by atoms with Gasteiger partial charge in [-0.2, -0.15) is 13.2 Å². The van der Waals surface area contributed by atoms with Gasteiger partial charge in [-0.1, -0.05) is 30.3 Å². The van der Waals surface area contributed by atoms with Crippen LogP contribution in [0, 0.1) is 0 Å². The van der Waals surface area contributed by atoms with Crippen molar-refractivity contribution in [2.45, 2.75) is 42.0 Å². The van der Waals surface area contributed by atoms with Crippen LogP contribution in [0.5, 0.6) is 0 Å². The third-order valence-corrected chi connectivity index (χ3v) is 5.83. The summed E-state index contributed by atoms with van der Waals surface area (Å²) in [5.41, 5.74) is 0.567. The lowest BCUT2D eigenvalue weighted by Gasteiger charge is -2.24. The second-order valence-electron chi connectivity index (χ2n) is 6.80. The van der Waals surface area contributed by atoms with Crippen molar-refractivity contribution in [2.75, 3.05) is 11.9 Å². The zero-order valence-corrected chi connectivity index (χ0v) is 16.4. The Kier molecular flexibility index (Phi) is 6.84. The predicted octanol–water partition coefficient (Wildman–Crippen LogP) is 4.65. The number of fused-ring (bicyclic) bond motifs is 1. The number of alkyl halides is 3. The molecule has 0 aliphatic carbocycles. The second-order valence-corrected chi connectivity index (χ2v) is 8.05. The van der Waals surface area contributed by atoms with Crippen LogP contribution in [-0.4, -0.2) is 23.6 Å². The summed E-state index contributed by atoms with van der Waals surface area (Å²) in [4.78, 5) is 24.9. The molecule has 0 fully saturated rings. The minimum absolute atomic E-state index is 0.0182.